The van der Waals surface area contributed by atoms with E-state index in [9.17, 15) is 4.79 Å². The summed E-state index contributed by atoms with van der Waals surface area (Å²) >= 11 is 0. The molecule has 0 unspecified atom stereocenters. The molecule has 4 aromatic carbocycles. The molecule has 0 spiro atoms. The van der Waals surface area contributed by atoms with Crippen LogP contribution in [0.25, 0.3) is 34.3 Å². The van der Waals surface area contributed by atoms with Crippen LogP contribution in [0.1, 0.15) is 27.2 Å². The van der Waals surface area contributed by atoms with Crippen LogP contribution in [0.3, 0.4) is 0 Å². The van der Waals surface area contributed by atoms with Crippen LogP contribution in [0.4, 0.5) is 0 Å². The smallest absolute Gasteiger partial charge is 0.211 e. The molecule has 148 valence electrons. The van der Waals surface area contributed by atoms with E-state index in [-0.39, 0.29) is 5.78 Å². The number of benzene rings is 4. The SMILES string of the molecule is C=c1cccc/c1=C/c1cc(C(=O)c2ccc3cc4ccccc4cc3n2)ccc1C. The van der Waals surface area contributed by atoms with Gasteiger partial charge in [0.25, 0.3) is 0 Å². The minimum atomic E-state index is -0.0763. The lowest BCUT2D eigenvalue weighted by Gasteiger charge is -2.07. The Morgan fingerprint density at radius 1 is 0.806 bits per heavy atom. The number of rotatable bonds is 3. The van der Waals surface area contributed by atoms with Crippen molar-refractivity contribution in [2.45, 2.75) is 6.92 Å². The van der Waals surface area contributed by atoms with E-state index in [0.717, 1.165) is 37.9 Å². The average molecular weight is 399 g/mol. The highest BCUT2D eigenvalue weighted by Crippen LogP contribution is 2.23. The zero-order valence-electron chi connectivity index (χ0n) is 17.3. The first-order valence-electron chi connectivity index (χ1n) is 10.3. The zero-order chi connectivity index (χ0) is 21.4. The number of hydrogen-bond donors (Lipinski definition) is 0. The van der Waals surface area contributed by atoms with Gasteiger partial charge in [-0.15, -0.1) is 0 Å². The second-order valence-corrected chi connectivity index (χ2v) is 7.83. The number of aryl methyl sites for hydroxylation is 1. The molecule has 0 bridgehead atoms. The van der Waals surface area contributed by atoms with Gasteiger partial charge in [-0.05, 0) is 69.6 Å². The summed E-state index contributed by atoms with van der Waals surface area (Å²) in [6.07, 6.45) is 2.08. The fourth-order valence-electron chi connectivity index (χ4n) is 3.87. The fraction of sp³-hybridized carbons (Fsp3) is 0.0345. The van der Waals surface area contributed by atoms with Crippen molar-refractivity contribution < 1.29 is 4.79 Å². The molecule has 31 heavy (non-hydrogen) atoms. The molecule has 0 aliphatic carbocycles. The molecule has 0 radical (unpaired) electrons. The highest BCUT2D eigenvalue weighted by Gasteiger charge is 2.13. The van der Waals surface area contributed by atoms with Gasteiger partial charge in [-0.3, -0.25) is 4.79 Å². The van der Waals surface area contributed by atoms with Gasteiger partial charge in [-0.25, -0.2) is 4.98 Å². The lowest BCUT2D eigenvalue weighted by molar-refractivity contribution is 0.103. The molecule has 0 aliphatic rings. The molecule has 1 heterocycles. The number of carbonyl (C=O) groups is 1. The number of fused-ring (bicyclic) bond motifs is 2. The van der Waals surface area contributed by atoms with E-state index >= 15 is 0 Å². The van der Waals surface area contributed by atoms with E-state index in [0.29, 0.717) is 11.3 Å². The summed E-state index contributed by atoms with van der Waals surface area (Å²) in [5.41, 5.74) is 4.03. The maximum Gasteiger partial charge on any atom is 0.211 e. The summed E-state index contributed by atoms with van der Waals surface area (Å²) in [5.74, 6) is -0.0763. The van der Waals surface area contributed by atoms with Crippen LogP contribution in [-0.4, -0.2) is 10.8 Å². The van der Waals surface area contributed by atoms with Crippen LogP contribution in [-0.2, 0) is 0 Å². The Hall–Kier alpha value is -4.04. The van der Waals surface area contributed by atoms with Crippen molar-refractivity contribution in [2.75, 3.05) is 0 Å². The van der Waals surface area contributed by atoms with Crippen molar-refractivity contribution >= 4 is 40.1 Å². The van der Waals surface area contributed by atoms with Crippen molar-refractivity contribution in [1.82, 2.24) is 4.98 Å². The minimum Gasteiger partial charge on any atom is -0.287 e. The quantitative estimate of drug-likeness (QED) is 0.310. The Bertz CT molecular complexity index is 1580. The van der Waals surface area contributed by atoms with Gasteiger partial charge in [0, 0.05) is 10.9 Å². The summed E-state index contributed by atoms with van der Waals surface area (Å²) in [6.45, 7) is 6.14. The Labute approximate surface area is 180 Å². The zero-order valence-corrected chi connectivity index (χ0v) is 17.3. The maximum atomic E-state index is 13.2. The Kier molecular flexibility index (Phi) is 4.68. The van der Waals surface area contributed by atoms with Crippen molar-refractivity contribution in [3.63, 3.8) is 0 Å². The maximum absolute atomic E-state index is 13.2. The van der Waals surface area contributed by atoms with Gasteiger partial charge in [0.05, 0.1) is 5.52 Å². The summed E-state index contributed by atoms with van der Waals surface area (Å²) in [6, 6.07) is 29.9. The summed E-state index contributed by atoms with van der Waals surface area (Å²) in [5, 5.41) is 5.32. The molecule has 2 nitrogen and oxygen atoms in total. The molecule has 0 N–H and O–H groups in total. The minimum absolute atomic E-state index is 0.0763. The van der Waals surface area contributed by atoms with E-state index in [1.54, 1.807) is 0 Å². The highest BCUT2D eigenvalue weighted by atomic mass is 16.1. The van der Waals surface area contributed by atoms with E-state index < -0.39 is 0 Å². The third kappa shape index (κ3) is 3.64. The standard InChI is InChI=1S/C29H21NO/c1-19-7-3-4-8-21(19)15-26-17-25(12-11-20(26)2)29(31)27-14-13-24-16-22-9-5-6-10-23(22)18-28(24)30-27/h3-18H,1H2,2H3/b21-15-. The van der Waals surface area contributed by atoms with Gasteiger partial charge in [0.1, 0.15) is 5.69 Å². The topological polar surface area (TPSA) is 30.0 Å². The highest BCUT2D eigenvalue weighted by molar-refractivity contribution is 6.09. The lowest BCUT2D eigenvalue weighted by Crippen LogP contribution is -2.22. The first kappa shape index (κ1) is 19.0. The molecular formula is C29H21NO. The molecule has 5 rings (SSSR count). The molecule has 2 heteroatoms. The molecule has 0 amide bonds. The second-order valence-electron chi connectivity index (χ2n) is 7.83. The van der Waals surface area contributed by atoms with Crippen LogP contribution in [0, 0.1) is 6.92 Å². The normalized spacial score (nSPS) is 11.8. The van der Waals surface area contributed by atoms with Crippen LogP contribution < -0.4 is 10.4 Å². The largest absolute Gasteiger partial charge is 0.287 e. The van der Waals surface area contributed by atoms with Crippen molar-refractivity contribution in [2.24, 2.45) is 0 Å². The molecule has 0 fully saturated rings. The number of aromatic nitrogens is 1. The molecule has 0 saturated carbocycles. The number of carbonyl (C=O) groups excluding carboxylic acids is 1. The van der Waals surface area contributed by atoms with E-state index in [4.69, 9.17) is 0 Å². The number of ketones is 1. The monoisotopic (exact) mass is 399 g/mol. The van der Waals surface area contributed by atoms with Gasteiger partial charge in [0.2, 0.25) is 5.78 Å². The molecule has 1 aromatic heterocycles. The Morgan fingerprint density at radius 3 is 2.35 bits per heavy atom. The lowest BCUT2D eigenvalue weighted by atomic mass is 9.99. The molecular weight excluding hydrogens is 378 g/mol. The van der Waals surface area contributed by atoms with Crippen molar-refractivity contribution in [3.8, 4) is 0 Å². The first-order valence-corrected chi connectivity index (χ1v) is 10.3. The summed E-state index contributed by atoms with van der Waals surface area (Å²) < 4.78 is 0. The van der Waals surface area contributed by atoms with Gasteiger partial charge < -0.3 is 0 Å². The van der Waals surface area contributed by atoms with Crippen LogP contribution in [0.5, 0.6) is 0 Å². The third-order valence-corrected chi connectivity index (χ3v) is 5.70. The van der Waals surface area contributed by atoms with Gasteiger partial charge in [-0.1, -0.05) is 73.3 Å². The van der Waals surface area contributed by atoms with Crippen molar-refractivity contribution in [1.29, 1.82) is 0 Å². The first-order chi connectivity index (χ1) is 15.1. The fourth-order valence-corrected chi connectivity index (χ4v) is 3.87. The Morgan fingerprint density at radius 2 is 1.55 bits per heavy atom. The van der Waals surface area contributed by atoms with E-state index in [2.05, 4.69) is 35.8 Å². The van der Waals surface area contributed by atoms with Gasteiger partial charge >= 0.3 is 0 Å². The van der Waals surface area contributed by atoms with Gasteiger partial charge in [-0.2, -0.15) is 0 Å². The van der Waals surface area contributed by atoms with E-state index in [1.807, 2.05) is 79.7 Å². The van der Waals surface area contributed by atoms with Crippen LogP contribution in [0.2, 0.25) is 0 Å². The van der Waals surface area contributed by atoms with E-state index in [1.165, 1.54) is 5.39 Å². The molecule has 0 aliphatic heterocycles. The Balaban J connectivity index is 1.58. The number of pyridine rings is 1. The van der Waals surface area contributed by atoms with Crippen LogP contribution >= 0.6 is 0 Å². The summed E-state index contributed by atoms with van der Waals surface area (Å²) in [7, 11) is 0. The second kappa shape index (κ2) is 7.66. The van der Waals surface area contributed by atoms with Crippen molar-refractivity contribution in [3.05, 3.63) is 124 Å². The number of nitrogens with zero attached hydrogens (tertiary/aromatic N) is 1. The molecule has 5 aromatic rings. The molecule has 0 saturated heterocycles. The van der Waals surface area contributed by atoms with Crippen LogP contribution in [0.15, 0.2) is 91.0 Å². The predicted molar refractivity (Wildman–Crippen MR) is 129 cm³/mol. The number of hydrogen-bond acceptors (Lipinski definition) is 2. The average Bonchev–Trinajstić information content (AvgIpc) is 2.79. The summed E-state index contributed by atoms with van der Waals surface area (Å²) in [4.78, 5) is 17.9. The third-order valence-electron chi connectivity index (χ3n) is 5.70. The predicted octanol–water partition coefficient (Wildman–Crippen LogP) is 5.17. The molecule has 0 atom stereocenters. The van der Waals surface area contributed by atoms with Gasteiger partial charge in [0.15, 0.2) is 0 Å².